The first-order chi connectivity index (χ1) is 70.3. The summed E-state index contributed by atoms with van der Waals surface area (Å²) in [5, 5.41) is 38.5. The minimum Gasteiger partial charge on any atom is -0.504 e. The number of benzene rings is 4. The predicted octanol–water partition coefficient (Wildman–Crippen LogP) is 9.87. The third-order valence-electron chi connectivity index (χ3n) is 33.3. The molecular weight excluding hydrogens is 1910 g/mol. The van der Waals surface area contributed by atoms with Gasteiger partial charge in [-0.25, -0.2) is 0 Å². The SMILES string of the molecule is CC(=O)OC(=O)CCCC(=O)Oc1ccc2c3c1O[C@H]1[C@@H](OC(=O)CCCC(=O)OC(C)=O)C=C[C@H]4[C@@H](C2)N(C)CCC341.CN1CCC23c4c5ccc(O)c4O[C@H]2[C@@H](O)CC[C@H]3[C@H]1C5.CN1CCC23c4c5ccc(OC(=O)CCCC(=O)O)c4O[C@H]2[C@@H](OC(=O)CCCC(=O)O)CC[C@H]3[C@H]1C5.COC(=O)CCCC(=O)O[C@H]1C=C[C@H]2[C@H]3Cc4ccc(OC(=O)CCCC(C)=O)c5c4C2(CCN3C)[C@H]1O5.O=C1CCCC(=O)O1. The number of carbonyl (C=O) groups excluding carboxylic acids is 14. The van der Waals surface area contributed by atoms with Gasteiger partial charge in [-0.15, -0.1) is 0 Å². The van der Waals surface area contributed by atoms with Crippen molar-refractivity contribution < 1.29 is 163 Å². The van der Waals surface area contributed by atoms with E-state index in [-0.39, 0.29) is 172 Å². The third kappa shape index (κ3) is 21.0. The zero-order chi connectivity index (χ0) is 105. The van der Waals surface area contributed by atoms with E-state index in [0.717, 1.165) is 138 Å². The monoisotopic (exact) mass is 2040 g/mol. The molecule has 0 radical (unpaired) electrons. The largest absolute Gasteiger partial charge is 0.504 e. The highest BCUT2D eigenvalue weighted by molar-refractivity contribution is 5.88. The first-order valence-corrected chi connectivity index (χ1v) is 51.6. The van der Waals surface area contributed by atoms with Crippen LogP contribution in [0, 0.1) is 23.7 Å². The number of carboxylic acids is 2. The van der Waals surface area contributed by atoms with Crippen LogP contribution in [0.5, 0.6) is 46.0 Å². The van der Waals surface area contributed by atoms with Gasteiger partial charge < -0.3 is 111 Å². The van der Waals surface area contributed by atoms with Gasteiger partial charge in [-0.05, 0) is 254 Å². The van der Waals surface area contributed by atoms with Gasteiger partial charge in [-0.3, -0.25) is 71.9 Å². The molecule has 4 aromatic rings. The van der Waals surface area contributed by atoms with Crippen LogP contribution in [0.3, 0.4) is 0 Å². The lowest BCUT2D eigenvalue weighted by Crippen LogP contribution is -2.66. The summed E-state index contributed by atoms with van der Waals surface area (Å²) in [6, 6.07) is 16.5. The van der Waals surface area contributed by atoms with E-state index in [1.165, 1.54) is 30.7 Å². The number of esters is 13. The maximum Gasteiger partial charge on any atom is 0.313 e. The Bertz CT molecular complexity index is 5930. The molecule has 4 unspecified atom stereocenters. The normalized spacial score (nSPS) is 29.5. The molecule has 9 heterocycles. The summed E-state index contributed by atoms with van der Waals surface area (Å²) in [6.45, 7) is 7.39. The summed E-state index contributed by atoms with van der Waals surface area (Å²) in [7, 11) is 9.94. The summed E-state index contributed by atoms with van der Waals surface area (Å²) in [4.78, 5) is 196. The molecule has 790 valence electrons. The molecule has 38 heteroatoms. The molecule has 5 saturated heterocycles. The fourth-order valence-electron chi connectivity index (χ4n) is 27.1. The van der Waals surface area contributed by atoms with Gasteiger partial charge in [0, 0.05) is 184 Å². The number of aliphatic hydroxyl groups excluding tert-OH is 1. The summed E-state index contributed by atoms with van der Waals surface area (Å²) in [6.07, 6.45) is 18.0. The number of aliphatic hydroxyl groups is 1. The van der Waals surface area contributed by atoms with Gasteiger partial charge in [-0.2, -0.15) is 0 Å². The number of likely N-dealkylation sites (N-methyl/N-ethyl adjacent to an activating group) is 4. The van der Waals surface area contributed by atoms with E-state index in [1.54, 1.807) is 24.3 Å². The maximum atomic E-state index is 12.8. The van der Waals surface area contributed by atoms with E-state index in [2.05, 4.69) is 85.0 Å². The molecule has 7 fully saturated rings. The topological polar surface area (TPSA) is 496 Å². The summed E-state index contributed by atoms with van der Waals surface area (Å²) in [5.74, 6) is -4.03. The second-order valence-corrected chi connectivity index (χ2v) is 42.0. The molecule has 38 nitrogen and oxygen atoms in total. The number of aliphatic carboxylic acids is 2. The Labute approximate surface area is 850 Å². The second kappa shape index (κ2) is 44.1. The lowest BCUT2D eigenvalue weighted by molar-refractivity contribution is -0.166. The molecular formula is C109H130N4O34. The van der Waals surface area contributed by atoms with Gasteiger partial charge in [0.15, 0.2) is 58.2 Å². The van der Waals surface area contributed by atoms with Gasteiger partial charge >= 0.3 is 89.5 Å². The number of nitrogens with zero attached hydrogens (tertiary/aromatic N) is 4. The number of carboxylic acid groups (broad SMARTS) is 2. The minimum atomic E-state index is -0.960. The molecule has 4 aromatic carbocycles. The molecule has 21 rings (SSSR count). The number of hydrogen-bond acceptors (Lipinski definition) is 36. The molecule has 2 saturated carbocycles. The van der Waals surface area contributed by atoms with Crippen molar-refractivity contribution in [1.29, 1.82) is 0 Å². The molecule has 147 heavy (non-hydrogen) atoms. The number of ketones is 1. The Hall–Kier alpha value is -12.5. The standard InChI is InChI=1S/C31H35NO11.C29H35NO8.C27H33NO9.C17H21NO3.C5H6O3/c1-17(33)39-24(35)6-4-8-26(37)41-22-12-10-19-16-21-20-11-13-23(42-27(38)9-5-7-25(36)40-18(2)34)30-31(20,14-15-32(21)3)28(19)29(22)43-30;1-17(31)6-4-8-24(33)36-21-12-10-18-16-20-19-11-13-22(37-25(34)9-5-7-23(32)35-3)28-29(19,14-15-30(20)2)26(18)27(21)38-28;1-28-13-12-27-16-9-11-19(36-23(34)7-3-5-21(31)32)26(27)37-25-18(35-22(33)6-2-4-20(29)30)10-8-15(24(25)27)14-17(16)28;1-18-7-6-17-10-3-5-13(20)16(17)21-15-12(19)4-2-9(14(15)17)8-11(10)18;6-4-2-1-3-5(7)8-4/h10-13,20-21,23,30H,4-9,14-16H2,1-3H3;10-13,19-20,22,28H,4-9,14-16H2,1-3H3;8,10,16-17,19,26H,2-7,9,11-14H2,1H3,(H,29,30)(H,31,32);2,4,10-11,13,16,19-20H,3,5-8H2,1H3;1-3H2/t20-,21+,23-,30-,31?;19-,20+,22-,28-,29?;16-,17+,19-,26-,27?;10-,11+,13-,16-,17?;/m0000./s1. The van der Waals surface area contributed by atoms with E-state index >= 15 is 0 Å². The zero-order valence-electron chi connectivity index (χ0n) is 84.2. The Morgan fingerprint density at radius 3 is 1.14 bits per heavy atom. The van der Waals surface area contributed by atoms with E-state index in [4.69, 9.17) is 57.6 Å². The van der Waals surface area contributed by atoms with Crippen molar-refractivity contribution in [3.63, 3.8) is 0 Å². The number of cyclic esters (lactones) is 2. The number of methoxy groups -OCH3 is 1. The van der Waals surface area contributed by atoms with Crippen LogP contribution in [0.2, 0.25) is 0 Å². The van der Waals surface area contributed by atoms with Gasteiger partial charge in [0.05, 0.1) is 13.2 Å². The fourth-order valence-corrected chi connectivity index (χ4v) is 27.1. The number of hydrogen-bond donors (Lipinski definition) is 4. The van der Waals surface area contributed by atoms with Crippen LogP contribution in [0.25, 0.3) is 0 Å². The smallest absolute Gasteiger partial charge is 0.313 e. The number of likely N-dealkylation sites (tertiary alicyclic amines) is 4. The summed E-state index contributed by atoms with van der Waals surface area (Å²) in [5.41, 5.74) is 7.79. The highest BCUT2D eigenvalue weighted by atomic mass is 16.6. The molecule has 8 aliphatic carbocycles. The van der Waals surface area contributed by atoms with Gasteiger partial charge in [0.25, 0.3) is 0 Å². The highest BCUT2D eigenvalue weighted by Gasteiger charge is 2.71. The Morgan fingerprint density at radius 2 is 0.728 bits per heavy atom. The molecule has 0 aromatic heterocycles. The van der Waals surface area contributed by atoms with E-state index in [9.17, 15) is 86.9 Å². The van der Waals surface area contributed by atoms with Crippen LogP contribution in [0.1, 0.15) is 251 Å². The van der Waals surface area contributed by atoms with Crippen LogP contribution in [-0.4, -0.2) is 270 Å². The molecule has 0 amide bonds. The number of piperidine rings is 4. The quantitative estimate of drug-likeness (QED) is 0.0124. The second-order valence-electron chi connectivity index (χ2n) is 42.0. The molecule has 4 N–H and O–H groups in total. The Morgan fingerprint density at radius 1 is 0.381 bits per heavy atom. The molecule has 8 bridgehead atoms. The Kier molecular flexibility index (Phi) is 31.7. The first-order valence-electron chi connectivity index (χ1n) is 51.6. The first kappa shape index (κ1) is 106. The van der Waals surface area contributed by atoms with Crippen LogP contribution in [0.4, 0.5) is 0 Å². The number of rotatable bonds is 30. The number of carbonyl (C=O) groups is 16. The average molecular weight is 2040 g/mol. The lowest BCUT2D eigenvalue weighted by Gasteiger charge is -2.58. The predicted molar refractivity (Wildman–Crippen MR) is 514 cm³/mol. The average Bonchev–Trinajstić information content (AvgIpc) is 1.54. The maximum absolute atomic E-state index is 12.8. The fraction of sp³-hybridized carbons (Fsp3) is 0.596. The zero-order valence-corrected chi connectivity index (χ0v) is 84.2. The van der Waals surface area contributed by atoms with Crippen LogP contribution >= 0.6 is 0 Å². The van der Waals surface area contributed by atoms with E-state index < -0.39 is 120 Å². The van der Waals surface area contributed by atoms with Crippen LogP contribution in [0.15, 0.2) is 72.8 Å². The van der Waals surface area contributed by atoms with Crippen molar-refractivity contribution in [2.45, 2.75) is 327 Å². The molecule has 4 spiro atoms. The van der Waals surface area contributed by atoms with Crippen molar-refractivity contribution in [2.24, 2.45) is 23.7 Å². The number of ether oxygens (including phenoxy) is 14. The minimum absolute atomic E-state index is 0.0104. The van der Waals surface area contributed by atoms with Crippen molar-refractivity contribution in [3.8, 4) is 46.0 Å². The van der Waals surface area contributed by atoms with Gasteiger partial charge in [0.1, 0.15) is 36.3 Å². The van der Waals surface area contributed by atoms with Gasteiger partial charge in [-0.1, -0.05) is 36.4 Å². The molecule has 17 aliphatic rings. The third-order valence-corrected chi connectivity index (χ3v) is 33.3. The number of phenolic OH excluding ortho intramolecular Hbond substituents is 1. The highest BCUT2D eigenvalue weighted by Crippen LogP contribution is 2.69. The Balaban J connectivity index is 0.000000133. The van der Waals surface area contributed by atoms with E-state index in [0.29, 0.717) is 109 Å². The van der Waals surface area contributed by atoms with Gasteiger partial charge in [0.2, 0.25) is 0 Å². The summed E-state index contributed by atoms with van der Waals surface area (Å²) >= 11 is 0. The lowest BCUT2D eigenvalue weighted by atomic mass is 9.51. The van der Waals surface area contributed by atoms with Crippen molar-refractivity contribution >= 4 is 95.3 Å². The summed E-state index contributed by atoms with van der Waals surface area (Å²) < 4.78 is 78.7. The van der Waals surface area contributed by atoms with Crippen LogP contribution in [-0.2, 0) is 157 Å². The van der Waals surface area contributed by atoms with Crippen molar-refractivity contribution in [2.75, 3.05) is 61.5 Å². The number of phenols is 1. The van der Waals surface area contributed by atoms with Crippen LogP contribution < -0.4 is 33.2 Å². The number of aromatic hydroxyl groups is 1. The molecule has 9 aliphatic heterocycles. The van der Waals surface area contributed by atoms with Crippen molar-refractivity contribution in [3.05, 3.63) is 117 Å². The molecule has 20 atom stereocenters. The van der Waals surface area contributed by atoms with E-state index in [1.807, 2.05) is 30.4 Å². The van der Waals surface area contributed by atoms with Crippen molar-refractivity contribution in [1.82, 2.24) is 19.6 Å². The number of Topliss-reactive ketones (excluding diaryl/α,β-unsaturated/α-hetero) is 1.